The Labute approximate surface area is 112 Å². The van der Waals surface area contributed by atoms with Crippen molar-refractivity contribution in [2.24, 2.45) is 0 Å². The van der Waals surface area contributed by atoms with Gasteiger partial charge in [0, 0.05) is 7.05 Å². The standard InChI is InChI=1S/C13H18N2O4/c1-10-3-5-11(6-4-10)18-8-7-15-13(17)19-9-12(16)14-2/h3-6H,7-9H2,1-2H3,(H,14,16)(H,15,17). The normalized spacial score (nSPS) is 9.58. The van der Waals surface area contributed by atoms with Crippen LogP contribution in [-0.4, -0.2) is 38.8 Å². The highest BCUT2D eigenvalue weighted by Crippen LogP contribution is 2.10. The topological polar surface area (TPSA) is 76.7 Å². The highest BCUT2D eigenvalue weighted by Gasteiger charge is 2.04. The van der Waals surface area contributed by atoms with E-state index in [0.717, 1.165) is 11.3 Å². The fraction of sp³-hybridized carbons (Fsp3) is 0.385. The van der Waals surface area contributed by atoms with E-state index in [-0.39, 0.29) is 12.5 Å². The average Bonchev–Trinajstić information content (AvgIpc) is 2.42. The highest BCUT2D eigenvalue weighted by molar-refractivity contribution is 5.79. The van der Waals surface area contributed by atoms with Gasteiger partial charge in [0.2, 0.25) is 0 Å². The fourth-order valence-corrected chi connectivity index (χ4v) is 1.21. The Morgan fingerprint density at radius 2 is 1.89 bits per heavy atom. The monoisotopic (exact) mass is 266 g/mol. The summed E-state index contributed by atoms with van der Waals surface area (Å²) in [7, 11) is 1.47. The van der Waals surface area contributed by atoms with E-state index < -0.39 is 6.09 Å². The third kappa shape index (κ3) is 6.30. The first kappa shape index (κ1) is 14.8. The number of hydrogen-bond acceptors (Lipinski definition) is 4. The second-order valence-corrected chi connectivity index (χ2v) is 3.84. The summed E-state index contributed by atoms with van der Waals surface area (Å²) in [5.41, 5.74) is 1.16. The van der Waals surface area contributed by atoms with Crippen molar-refractivity contribution >= 4 is 12.0 Å². The summed E-state index contributed by atoms with van der Waals surface area (Å²) in [6.07, 6.45) is -0.642. The smallest absolute Gasteiger partial charge is 0.407 e. The van der Waals surface area contributed by atoms with E-state index in [1.54, 1.807) is 0 Å². The van der Waals surface area contributed by atoms with Crippen LogP contribution >= 0.6 is 0 Å². The summed E-state index contributed by atoms with van der Waals surface area (Å²) < 4.78 is 10.1. The largest absolute Gasteiger partial charge is 0.492 e. The van der Waals surface area contributed by atoms with Crippen LogP contribution in [0, 0.1) is 6.92 Å². The third-order valence-electron chi connectivity index (χ3n) is 2.27. The Hall–Kier alpha value is -2.24. The van der Waals surface area contributed by atoms with Crippen LogP contribution < -0.4 is 15.4 Å². The molecule has 0 bridgehead atoms. The molecule has 6 heteroatoms. The van der Waals surface area contributed by atoms with Gasteiger partial charge in [-0.3, -0.25) is 4.79 Å². The quantitative estimate of drug-likeness (QED) is 0.748. The molecule has 0 saturated heterocycles. The molecule has 0 aliphatic carbocycles. The first-order valence-corrected chi connectivity index (χ1v) is 5.92. The van der Waals surface area contributed by atoms with E-state index >= 15 is 0 Å². The maximum Gasteiger partial charge on any atom is 0.407 e. The molecular weight excluding hydrogens is 248 g/mol. The number of aryl methyl sites for hydroxylation is 1. The van der Waals surface area contributed by atoms with E-state index in [1.807, 2.05) is 31.2 Å². The van der Waals surface area contributed by atoms with E-state index in [9.17, 15) is 9.59 Å². The zero-order valence-electron chi connectivity index (χ0n) is 11.1. The number of amides is 2. The highest BCUT2D eigenvalue weighted by atomic mass is 16.6. The maximum atomic E-state index is 11.2. The van der Waals surface area contributed by atoms with Crippen LogP contribution in [-0.2, 0) is 9.53 Å². The van der Waals surface area contributed by atoms with Crippen molar-refractivity contribution in [2.45, 2.75) is 6.92 Å². The minimum Gasteiger partial charge on any atom is -0.492 e. The lowest BCUT2D eigenvalue weighted by atomic mass is 10.2. The van der Waals surface area contributed by atoms with Crippen LogP contribution in [0.15, 0.2) is 24.3 Å². The Bertz CT molecular complexity index is 417. The summed E-state index contributed by atoms with van der Waals surface area (Å²) in [5, 5.41) is 4.82. The van der Waals surface area contributed by atoms with Crippen molar-refractivity contribution in [3.05, 3.63) is 29.8 Å². The maximum absolute atomic E-state index is 11.2. The summed E-state index contributed by atoms with van der Waals surface area (Å²) in [5.74, 6) is 0.386. The summed E-state index contributed by atoms with van der Waals surface area (Å²) in [6.45, 7) is 2.34. The van der Waals surface area contributed by atoms with Crippen molar-refractivity contribution in [1.29, 1.82) is 0 Å². The number of hydrogen-bond donors (Lipinski definition) is 2. The minimum atomic E-state index is -0.642. The molecule has 0 unspecified atom stereocenters. The number of nitrogens with one attached hydrogen (secondary N) is 2. The number of carbonyl (C=O) groups excluding carboxylic acids is 2. The Balaban J connectivity index is 2.11. The van der Waals surface area contributed by atoms with E-state index in [1.165, 1.54) is 7.05 Å². The predicted molar refractivity (Wildman–Crippen MR) is 70.1 cm³/mol. The number of ether oxygens (including phenoxy) is 2. The van der Waals surface area contributed by atoms with Crippen LogP contribution in [0.5, 0.6) is 5.75 Å². The molecule has 104 valence electrons. The fourth-order valence-electron chi connectivity index (χ4n) is 1.21. The van der Waals surface area contributed by atoms with Gasteiger partial charge in [-0.05, 0) is 19.1 Å². The molecule has 2 amide bonds. The Morgan fingerprint density at radius 3 is 2.53 bits per heavy atom. The van der Waals surface area contributed by atoms with Gasteiger partial charge < -0.3 is 20.1 Å². The number of alkyl carbamates (subject to hydrolysis) is 1. The van der Waals surface area contributed by atoms with Gasteiger partial charge in [-0.15, -0.1) is 0 Å². The third-order valence-corrected chi connectivity index (χ3v) is 2.27. The van der Waals surface area contributed by atoms with Gasteiger partial charge >= 0.3 is 6.09 Å². The van der Waals surface area contributed by atoms with Crippen LogP contribution in [0.4, 0.5) is 4.79 Å². The minimum absolute atomic E-state index is 0.291. The van der Waals surface area contributed by atoms with Crippen LogP contribution in [0.2, 0.25) is 0 Å². The SMILES string of the molecule is CNC(=O)COC(=O)NCCOc1ccc(C)cc1. The number of benzene rings is 1. The lowest BCUT2D eigenvalue weighted by Crippen LogP contribution is -2.32. The second-order valence-electron chi connectivity index (χ2n) is 3.84. The summed E-state index contributed by atoms with van der Waals surface area (Å²) in [4.78, 5) is 22.0. The first-order chi connectivity index (χ1) is 9.11. The molecule has 0 aliphatic rings. The first-order valence-electron chi connectivity index (χ1n) is 5.92. The molecule has 0 aromatic heterocycles. The van der Waals surface area contributed by atoms with Crippen molar-refractivity contribution in [3.8, 4) is 5.75 Å². The zero-order chi connectivity index (χ0) is 14.1. The molecule has 1 rings (SSSR count). The summed E-state index contributed by atoms with van der Waals surface area (Å²) in [6, 6.07) is 7.61. The van der Waals surface area contributed by atoms with Gasteiger partial charge in [0.1, 0.15) is 12.4 Å². The van der Waals surface area contributed by atoms with Crippen LogP contribution in [0.1, 0.15) is 5.56 Å². The predicted octanol–water partition coefficient (Wildman–Crippen LogP) is 0.846. The molecule has 1 aromatic rings. The number of likely N-dealkylation sites (N-methyl/N-ethyl adjacent to an activating group) is 1. The molecule has 19 heavy (non-hydrogen) atoms. The molecule has 2 N–H and O–H groups in total. The molecule has 0 aliphatic heterocycles. The Kier molecular flexibility index (Phi) is 6.21. The van der Waals surface area contributed by atoms with E-state index in [0.29, 0.717) is 13.2 Å². The van der Waals surface area contributed by atoms with Crippen LogP contribution in [0.3, 0.4) is 0 Å². The summed E-state index contributed by atoms with van der Waals surface area (Å²) >= 11 is 0. The molecule has 0 heterocycles. The van der Waals surface area contributed by atoms with Gasteiger partial charge in [0.25, 0.3) is 5.91 Å². The molecule has 0 radical (unpaired) electrons. The number of rotatable bonds is 6. The zero-order valence-corrected chi connectivity index (χ0v) is 11.1. The molecule has 6 nitrogen and oxygen atoms in total. The van der Waals surface area contributed by atoms with Crippen LogP contribution in [0.25, 0.3) is 0 Å². The van der Waals surface area contributed by atoms with E-state index in [4.69, 9.17) is 4.74 Å². The van der Waals surface area contributed by atoms with Gasteiger partial charge in [0.15, 0.2) is 6.61 Å². The van der Waals surface area contributed by atoms with Gasteiger partial charge in [-0.1, -0.05) is 17.7 Å². The van der Waals surface area contributed by atoms with Gasteiger partial charge in [-0.25, -0.2) is 4.79 Å². The van der Waals surface area contributed by atoms with E-state index in [2.05, 4.69) is 15.4 Å². The number of carbonyl (C=O) groups is 2. The van der Waals surface area contributed by atoms with Crippen molar-refractivity contribution in [2.75, 3.05) is 26.8 Å². The molecule has 0 atom stereocenters. The van der Waals surface area contributed by atoms with Crippen molar-refractivity contribution in [3.63, 3.8) is 0 Å². The molecule has 0 saturated carbocycles. The molecular formula is C13H18N2O4. The van der Waals surface area contributed by atoms with Crippen molar-refractivity contribution < 1.29 is 19.1 Å². The lowest BCUT2D eigenvalue weighted by Gasteiger charge is -2.08. The molecule has 0 spiro atoms. The molecule has 0 fully saturated rings. The molecule has 1 aromatic carbocycles. The lowest BCUT2D eigenvalue weighted by molar-refractivity contribution is -0.123. The van der Waals surface area contributed by atoms with Crippen molar-refractivity contribution in [1.82, 2.24) is 10.6 Å². The van der Waals surface area contributed by atoms with Gasteiger partial charge in [0.05, 0.1) is 6.54 Å². The Morgan fingerprint density at radius 1 is 1.21 bits per heavy atom. The average molecular weight is 266 g/mol. The second kappa shape index (κ2) is 7.97. The van der Waals surface area contributed by atoms with Gasteiger partial charge in [-0.2, -0.15) is 0 Å².